The van der Waals surface area contributed by atoms with Crippen LogP contribution < -0.4 is 5.32 Å². The average Bonchev–Trinajstić information content (AvgIpc) is 2.21. The zero-order chi connectivity index (χ0) is 10.8. The van der Waals surface area contributed by atoms with Gasteiger partial charge in [0.15, 0.2) is 11.5 Å². The maximum absolute atomic E-state index is 10.2. The SMILES string of the molecule is O=CNc1cnc2cc(O)c(O)cc2c1. The highest BCUT2D eigenvalue weighted by Crippen LogP contribution is 2.29. The molecule has 5 heteroatoms. The number of rotatable bonds is 2. The molecule has 0 aliphatic carbocycles. The fraction of sp³-hybridized carbons (Fsp3) is 0. The van der Waals surface area contributed by atoms with Crippen molar-refractivity contribution in [1.82, 2.24) is 4.98 Å². The lowest BCUT2D eigenvalue weighted by Crippen LogP contribution is -1.94. The van der Waals surface area contributed by atoms with Crippen molar-refractivity contribution in [3.63, 3.8) is 0 Å². The van der Waals surface area contributed by atoms with E-state index >= 15 is 0 Å². The molecule has 76 valence electrons. The standard InChI is InChI=1S/C10H8N2O3/c13-5-12-7-1-6-2-9(14)10(15)3-8(6)11-4-7/h1-5,14-15H,(H,12,13). The van der Waals surface area contributed by atoms with E-state index in [4.69, 9.17) is 0 Å². The van der Waals surface area contributed by atoms with Crippen LogP contribution >= 0.6 is 0 Å². The van der Waals surface area contributed by atoms with E-state index in [0.29, 0.717) is 23.0 Å². The van der Waals surface area contributed by atoms with Crippen LogP contribution in [0.15, 0.2) is 24.4 Å². The van der Waals surface area contributed by atoms with Crippen LogP contribution in [0, 0.1) is 0 Å². The number of aromatic hydroxyl groups is 2. The Labute approximate surface area is 85.0 Å². The summed E-state index contributed by atoms with van der Waals surface area (Å²) in [4.78, 5) is 14.2. The van der Waals surface area contributed by atoms with Crippen LogP contribution in [-0.2, 0) is 4.79 Å². The monoisotopic (exact) mass is 204 g/mol. The topological polar surface area (TPSA) is 82.5 Å². The van der Waals surface area contributed by atoms with Gasteiger partial charge >= 0.3 is 0 Å². The summed E-state index contributed by atoms with van der Waals surface area (Å²) in [5.74, 6) is -0.432. The van der Waals surface area contributed by atoms with Gasteiger partial charge in [0.1, 0.15) is 0 Å². The lowest BCUT2D eigenvalue weighted by molar-refractivity contribution is -0.105. The van der Waals surface area contributed by atoms with Crippen LogP contribution in [-0.4, -0.2) is 21.6 Å². The number of amides is 1. The molecule has 0 aliphatic rings. The molecule has 0 bridgehead atoms. The summed E-state index contributed by atoms with van der Waals surface area (Å²) in [6.07, 6.45) is 2.01. The third kappa shape index (κ3) is 1.67. The molecule has 0 spiro atoms. The third-order valence-electron chi connectivity index (χ3n) is 2.00. The number of pyridine rings is 1. The minimum Gasteiger partial charge on any atom is -0.504 e. The number of carbonyl (C=O) groups is 1. The van der Waals surface area contributed by atoms with E-state index in [1.807, 2.05) is 0 Å². The molecule has 1 heterocycles. The number of phenols is 2. The summed E-state index contributed by atoms with van der Waals surface area (Å²) in [6, 6.07) is 4.39. The first-order chi connectivity index (χ1) is 7.20. The highest BCUT2D eigenvalue weighted by Gasteiger charge is 2.03. The molecule has 2 aromatic rings. The largest absolute Gasteiger partial charge is 0.504 e. The number of fused-ring (bicyclic) bond motifs is 1. The Morgan fingerprint density at radius 2 is 1.93 bits per heavy atom. The molecule has 0 fully saturated rings. The van der Waals surface area contributed by atoms with Crippen molar-refractivity contribution < 1.29 is 15.0 Å². The van der Waals surface area contributed by atoms with Crippen molar-refractivity contribution in [2.75, 3.05) is 5.32 Å². The van der Waals surface area contributed by atoms with E-state index in [9.17, 15) is 15.0 Å². The van der Waals surface area contributed by atoms with Gasteiger partial charge in [0, 0.05) is 11.5 Å². The first-order valence-electron chi connectivity index (χ1n) is 4.22. The molecule has 0 radical (unpaired) electrons. The van der Waals surface area contributed by atoms with Gasteiger partial charge in [-0.2, -0.15) is 0 Å². The number of phenolic OH excluding ortho intramolecular Hbond substituents is 2. The first-order valence-corrected chi connectivity index (χ1v) is 4.22. The Balaban J connectivity index is 2.61. The van der Waals surface area contributed by atoms with E-state index in [1.54, 1.807) is 6.07 Å². The van der Waals surface area contributed by atoms with Crippen LogP contribution in [0.3, 0.4) is 0 Å². The highest BCUT2D eigenvalue weighted by atomic mass is 16.3. The second kappa shape index (κ2) is 3.45. The molecule has 1 aromatic carbocycles. The summed E-state index contributed by atoms with van der Waals surface area (Å²) in [7, 11) is 0. The van der Waals surface area contributed by atoms with Gasteiger partial charge < -0.3 is 15.5 Å². The Morgan fingerprint density at radius 3 is 2.67 bits per heavy atom. The van der Waals surface area contributed by atoms with E-state index in [2.05, 4.69) is 10.3 Å². The van der Waals surface area contributed by atoms with Gasteiger partial charge in [0.05, 0.1) is 17.4 Å². The van der Waals surface area contributed by atoms with Gasteiger partial charge in [-0.1, -0.05) is 0 Å². The average molecular weight is 204 g/mol. The molecule has 0 saturated heterocycles. The molecule has 0 saturated carbocycles. The lowest BCUT2D eigenvalue weighted by atomic mass is 10.2. The smallest absolute Gasteiger partial charge is 0.211 e. The molecule has 15 heavy (non-hydrogen) atoms. The van der Waals surface area contributed by atoms with Gasteiger partial charge in [-0.05, 0) is 12.1 Å². The Morgan fingerprint density at radius 1 is 1.20 bits per heavy atom. The van der Waals surface area contributed by atoms with E-state index in [-0.39, 0.29) is 11.5 Å². The van der Waals surface area contributed by atoms with E-state index in [1.165, 1.54) is 18.3 Å². The molecular formula is C10H8N2O3. The number of nitrogens with zero attached hydrogens (tertiary/aromatic N) is 1. The second-order valence-electron chi connectivity index (χ2n) is 3.02. The quantitative estimate of drug-likeness (QED) is 0.507. The number of anilines is 1. The number of nitrogens with one attached hydrogen (secondary N) is 1. The van der Waals surface area contributed by atoms with Crippen LogP contribution in [0.1, 0.15) is 0 Å². The van der Waals surface area contributed by atoms with Crippen molar-refractivity contribution >= 4 is 23.0 Å². The van der Waals surface area contributed by atoms with Gasteiger partial charge in [0.25, 0.3) is 0 Å². The Hall–Kier alpha value is -2.30. The summed E-state index contributed by atoms with van der Waals surface area (Å²) in [6.45, 7) is 0. The molecule has 1 amide bonds. The van der Waals surface area contributed by atoms with Gasteiger partial charge in [-0.25, -0.2) is 0 Å². The number of carbonyl (C=O) groups excluding carboxylic acids is 1. The Kier molecular flexibility index (Phi) is 2.13. The fourth-order valence-electron chi connectivity index (χ4n) is 1.30. The summed E-state index contributed by atoms with van der Waals surface area (Å²) in [5, 5.41) is 21.6. The van der Waals surface area contributed by atoms with Crippen molar-refractivity contribution in [3.8, 4) is 11.5 Å². The normalized spacial score (nSPS) is 10.1. The predicted octanol–water partition coefficient (Wildman–Crippen LogP) is 1.21. The number of benzene rings is 1. The molecule has 0 unspecified atom stereocenters. The zero-order valence-electron chi connectivity index (χ0n) is 7.64. The third-order valence-corrected chi connectivity index (χ3v) is 2.00. The van der Waals surface area contributed by atoms with Gasteiger partial charge in [0.2, 0.25) is 6.41 Å². The first kappa shape index (κ1) is 9.26. The number of hydrogen-bond acceptors (Lipinski definition) is 4. The maximum atomic E-state index is 10.2. The van der Waals surface area contributed by atoms with Crippen molar-refractivity contribution in [2.45, 2.75) is 0 Å². The van der Waals surface area contributed by atoms with Crippen LogP contribution in [0.25, 0.3) is 10.9 Å². The van der Waals surface area contributed by atoms with Crippen LogP contribution in [0.4, 0.5) is 5.69 Å². The molecule has 5 nitrogen and oxygen atoms in total. The minimum absolute atomic E-state index is 0.215. The van der Waals surface area contributed by atoms with Gasteiger partial charge in [-0.15, -0.1) is 0 Å². The lowest BCUT2D eigenvalue weighted by Gasteiger charge is -2.03. The number of aromatic nitrogens is 1. The molecule has 0 aliphatic heterocycles. The summed E-state index contributed by atoms with van der Waals surface area (Å²) < 4.78 is 0. The van der Waals surface area contributed by atoms with Crippen molar-refractivity contribution in [1.29, 1.82) is 0 Å². The second-order valence-corrected chi connectivity index (χ2v) is 3.02. The van der Waals surface area contributed by atoms with E-state index in [0.717, 1.165) is 0 Å². The minimum atomic E-state index is -0.217. The Bertz CT molecular complexity index is 525. The molecule has 2 rings (SSSR count). The summed E-state index contributed by atoms with van der Waals surface area (Å²) in [5.41, 5.74) is 1.07. The van der Waals surface area contributed by atoms with Gasteiger partial charge in [-0.3, -0.25) is 9.78 Å². The van der Waals surface area contributed by atoms with Crippen molar-refractivity contribution in [3.05, 3.63) is 24.4 Å². The summed E-state index contributed by atoms with van der Waals surface area (Å²) >= 11 is 0. The highest BCUT2D eigenvalue weighted by molar-refractivity contribution is 5.86. The maximum Gasteiger partial charge on any atom is 0.211 e. The zero-order valence-corrected chi connectivity index (χ0v) is 7.64. The molecule has 3 N–H and O–H groups in total. The van der Waals surface area contributed by atoms with Crippen LogP contribution in [0.5, 0.6) is 11.5 Å². The molecular weight excluding hydrogens is 196 g/mol. The molecule has 1 aromatic heterocycles. The van der Waals surface area contributed by atoms with Crippen molar-refractivity contribution in [2.24, 2.45) is 0 Å². The predicted molar refractivity (Wildman–Crippen MR) is 54.8 cm³/mol. The fourth-order valence-corrected chi connectivity index (χ4v) is 1.30. The number of hydrogen-bond donors (Lipinski definition) is 3. The van der Waals surface area contributed by atoms with E-state index < -0.39 is 0 Å². The van der Waals surface area contributed by atoms with Crippen LogP contribution in [0.2, 0.25) is 0 Å². The molecule has 0 atom stereocenters.